The van der Waals surface area contributed by atoms with Crippen LogP contribution in [0.1, 0.15) is 30.9 Å². The van der Waals surface area contributed by atoms with E-state index in [0.29, 0.717) is 5.95 Å². The van der Waals surface area contributed by atoms with E-state index in [4.69, 9.17) is 9.97 Å². The van der Waals surface area contributed by atoms with Crippen LogP contribution >= 0.6 is 0 Å². The molecule has 1 N–H and O–H groups in total. The molecule has 0 aliphatic carbocycles. The van der Waals surface area contributed by atoms with Crippen LogP contribution in [0.4, 0.5) is 5.82 Å². The lowest BCUT2D eigenvalue weighted by molar-refractivity contribution is -0.659. The first-order valence-electron chi connectivity index (χ1n) is 10.0. The molecule has 1 aliphatic heterocycles. The first-order valence-corrected chi connectivity index (χ1v) is 10.0. The topological polar surface area (TPSA) is 80.6 Å². The van der Waals surface area contributed by atoms with Gasteiger partial charge in [0.05, 0.1) is 18.3 Å². The molecule has 5 rings (SSSR count). The lowest BCUT2D eigenvalue weighted by atomic mass is 10.1. The Labute approximate surface area is 174 Å². The fraction of sp³-hybridized carbons (Fsp3) is 0.286. The van der Waals surface area contributed by atoms with Crippen LogP contribution in [0.5, 0.6) is 0 Å². The molecule has 4 aromatic rings. The molecular formula is C21H24N9+. The molecule has 0 saturated carbocycles. The molecule has 9 nitrogen and oxygen atoms in total. The van der Waals surface area contributed by atoms with Gasteiger partial charge in [0.25, 0.3) is 5.82 Å². The fourth-order valence-electron chi connectivity index (χ4n) is 4.20. The summed E-state index contributed by atoms with van der Waals surface area (Å²) in [6, 6.07) is 10.3. The van der Waals surface area contributed by atoms with Gasteiger partial charge >= 0.3 is 5.95 Å². The first kappa shape index (κ1) is 18.4. The van der Waals surface area contributed by atoms with Crippen molar-refractivity contribution in [3.8, 4) is 23.0 Å². The summed E-state index contributed by atoms with van der Waals surface area (Å²) in [5.74, 6) is 3.33. The van der Waals surface area contributed by atoms with Crippen molar-refractivity contribution < 1.29 is 4.57 Å². The summed E-state index contributed by atoms with van der Waals surface area (Å²) in [5.41, 5.74) is 6.16. The number of anilines is 1. The molecule has 0 spiro atoms. The van der Waals surface area contributed by atoms with Crippen molar-refractivity contribution >= 4 is 5.82 Å². The Kier molecular flexibility index (Phi) is 4.32. The van der Waals surface area contributed by atoms with Crippen molar-refractivity contribution in [2.45, 2.75) is 26.3 Å². The van der Waals surface area contributed by atoms with E-state index < -0.39 is 0 Å². The molecule has 1 unspecified atom stereocenters. The van der Waals surface area contributed by atoms with Crippen LogP contribution in [0.3, 0.4) is 0 Å². The van der Waals surface area contributed by atoms with Crippen LogP contribution in [0, 0.1) is 6.92 Å². The Morgan fingerprint density at radius 3 is 2.67 bits per heavy atom. The number of imidazole rings is 1. The second-order valence-corrected chi connectivity index (χ2v) is 7.33. The highest BCUT2D eigenvalue weighted by molar-refractivity contribution is 5.65. The fourth-order valence-corrected chi connectivity index (χ4v) is 4.20. The zero-order valence-electron chi connectivity index (χ0n) is 17.5. The summed E-state index contributed by atoms with van der Waals surface area (Å²) in [6.45, 7) is 4.13. The SMILES string of the molecule is CCC1c2nncn2-c2c(C)nc(-n3cc[n+](C)c3-c3ccccc3)nc2N1NC. The van der Waals surface area contributed by atoms with Gasteiger partial charge in [-0.05, 0) is 25.5 Å². The smallest absolute Gasteiger partial charge is 0.280 e. The third-order valence-corrected chi connectivity index (χ3v) is 5.56. The normalized spacial score (nSPS) is 15.2. The summed E-state index contributed by atoms with van der Waals surface area (Å²) in [5, 5.41) is 10.6. The molecule has 4 heterocycles. The third-order valence-electron chi connectivity index (χ3n) is 5.56. The van der Waals surface area contributed by atoms with Crippen molar-refractivity contribution in [2.24, 2.45) is 7.05 Å². The number of rotatable bonds is 4. The maximum Gasteiger partial charge on any atom is 0.328 e. The minimum Gasteiger partial charge on any atom is -0.280 e. The molecule has 1 aliphatic rings. The van der Waals surface area contributed by atoms with E-state index in [1.807, 2.05) is 60.7 Å². The minimum absolute atomic E-state index is 0.0292. The van der Waals surface area contributed by atoms with E-state index in [2.05, 4.69) is 44.3 Å². The largest absolute Gasteiger partial charge is 0.328 e. The Morgan fingerprint density at radius 1 is 1.13 bits per heavy atom. The maximum absolute atomic E-state index is 5.00. The molecule has 0 amide bonds. The van der Waals surface area contributed by atoms with Crippen molar-refractivity contribution in [3.63, 3.8) is 0 Å². The van der Waals surface area contributed by atoms with Gasteiger partial charge in [0.2, 0.25) is 0 Å². The number of nitrogens with one attached hydrogen (secondary N) is 1. The average Bonchev–Trinajstić information content (AvgIpc) is 3.39. The summed E-state index contributed by atoms with van der Waals surface area (Å²) < 4.78 is 6.11. The number of aromatic nitrogens is 7. The van der Waals surface area contributed by atoms with Crippen LogP contribution in [0.2, 0.25) is 0 Å². The van der Waals surface area contributed by atoms with Crippen LogP contribution < -0.4 is 15.0 Å². The molecule has 0 saturated heterocycles. The highest BCUT2D eigenvalue weighted by Crippen LogP contribution is 2.38. The number of aryl methyl sites for hydroxylation is 2. The average molecular weight is 402 g/mol. The Morgan fingerprint density at radius 2 is 1.93 bits per heavy atom. The zero-order valence-corrected chi connectivity index (χ0v) is 17.5. The summed E-state index contributed by atoms with van der Waals surface area (Å²) >= 11 is 0. The Hall–Kier alpha value is -3.59. The van der Waals surface area contributed by atoms with E-state index in [-0.39, 0.29) is 6.04 Å². The zero-order chi connectivity index (χ0) is 20.8. The van der Waals surface area contributed by atoms with Gasteiger partial charge in [-0.1, -0.05) is 25.1 Å². The molecular weight excluding hydrogens is 378 g/mol. The lowest BCUT2D eigenvalue weighted by Crippen LogP contribution is -2.44. The Bertz CT molecular complexity index is 1210. The first-order chi connectivity index (χ1) is 14.6. The number of nitrogens with zero attached hydrogens (tertiary/aromatic N) is 8. The molecule has 0 fully saturated rings. The molecule has 0 bridgehead atoms. The van der Waals surface area contributed by atoms with E-state index >= 15 is 0 Å². The summed E-state index contributed by atoms with van der Waals surface area (Å²) in [4.78, 5) is 9.86. The van der Waals surface area contributed by atoms with Crippen molar-refractivity contribution in [2.75, 3.05) is 12.1 Å². The summed E-state index contributed by atoms with van der Waals surface area (Å²) in [7, 11) is 3.93. The number of hydrogen-bond donors (Lipinski definition) is 1. The highest BCUT2D eigenvalue weighted by Gasteiger charge is 2.35. The van der Waals surface area contributed by atoms with Gasteiger partial charge in [0.1, 0.15) is 30.5 Å². The molecule has 3 aromatic heterocycles. The van der Waals surface area contributed by atoms with E-state index in [0.717, 1.165) is 40.8 Å². The van der Waals surface area contributed by atoms with Gasteiger partial charge in [-0.25, -0.2) is 9.99 Å². The van der Waals surface area contributed by atoms with E-state index in [9.17, 15) is 0 Å². The van der Waals surface area contributed by atoms with Crippen molar-refractivity contribution in [1.82, 2.24) is 34.7 Å². The van der Waals surface area contributed by atoms with Gasteiger partial charge < -0.3 is 0 Å². The molecule has 152 valence electrons. The number of hydrogen-bond acceptors (Lipinski definition) is 6. The van der Waals surface area contributed by atoms with E-state index in [1.54, 1.807) is 6.33 Å². The predicted molar refractivity (Wildman–Crippen MR) is 112 cm³/mol. The van der Waals surface area contributed by atoms with Crippen LogP contribution in [0.25, 0.3) is 23.0 Å². The van der Waals surface area contributed by atoms with Gasteiger partial charge in [-0.15, -0.1) is 10.2 Å². The number of benzene rings is 1. The van der Waals surface area contributed by atoms with Gasteiger partial charge in [-0.2, -0.15) is 14.5 Å². The summed E-state index contributed by atoms with van der Waals surface area (Å²) in [6.07, 6.45) is 6.62. The maximum atomic E-state index is 5.00. The quantitative estimate of drug-likeness (QED) is 0.526. The standard InChI is InChI=1S/C21H24N9/c1-5-16-18-26-23-13-29(18)17-14(2)24-21(25-19(17)30(16)22-3)28-12-11-27(4)20(28)15-9-7-6-8-10-15/h6-13,16,22H,5H2,1-4H3/q+1. The monoisotopic (exact) mass is 402 g/mol. The second-order valence-electron chi connectivity index (χ2n) is 7.33. The Balaban J connectivity index is 1.73. The molecule has 0 radical (unpaired) electrons. The number of fused-ring (bicyclic) bond motifs is 3. The third kappa shape index (κ3) is 2.62. The highest BCUT2D eigenvalue weighted by atomic mass is 15.6. The second kappa shape index (κ2) is 7.03. The predicted octanol–water partition coefficient (Wildman–Crippen LogP) is 2.05. The van der Waals surface area contributed by atoms with E-state index in [1.165, 1.54) is 0 Å². The van der Waals surface area contributed by atoms with Gasteiger partial charge in [0.15, 0.2) is 11.6 Å². The van der Waals surface area contributed by atoms with Gasteiger partial charge in [-0.3, -0.25) is 9.58 Å². The van der Waals surface area contributed by atoms with Crippen LogP contribution in [0.15, 0.2) is 49.1 Å². The van der Waals surface area contributed by atoms with Crippen LogP contribution in [-0.4, -0.2) is 36.3 Å². The minimum atomic E-state index is 0.0292. The van der Waals surface area contributed by atoms with Crippen molar-refractivity contribution in [3.05, 3.63) is 60.6 Å². The van der Waals surface area contributed by atoms with Gasteiger partial charge in [0, 0.05) is 7.05 Å². The molecule has 1 atom stereocenters. The molecule has 1 aromatic carbocycles. The molecule has 9 heteroatoms. The molecule has 30 heavy (non-hydrogen) atoms. The lowest BCUT2D eigenvalue weighted by Gasteiger charge is -2.36. The van der Waals surface area contributed by atoms with Crippen LogP contribution in [-0.2, 0) is 7.05 Å². The van der Waals surface area contributed by atoms with Crippen molar-refractivity contribution in [1.29, 1.82) is 0 Å². The number of hydrazine groups is 1.